The number of carbonyl (C=O) groups excluding carboxylic acids is 1. The van der Waals surface area contributed by atoms with Crippen LogP contribution < -0.4 is 5.32 Å². The van der Waals surface area contributed by atoms with Gasteiger partial charge in [0, 0.05) is 36.9 Å². The Hall–Kier alpha value is -2.99. The van der Waals surface area contributed by atoms with Gasteiger partial charge in [0.15, 0.2) is 0 Å². The minimum atomic E-state index is 0.0531. The summed E-state index contributed by atoms with van der Waals surface area (Å²) in [6.45, 7) is 2.16. The third kappa shape index (κ3) is 3.29. The van der Waals surface area contributed by atoms with E-state index < -0.39 is 0 Å². The Balaban J connectivity index is 1.53. The fraction of sp³-hybridized carbons (Fsp3) is 0.211. The van der Waals surface area contributed by atoms with Gasteiger partial charge >= 0.3 is 0 Å². The molecule has 4 rings (SSSR count). The first-order valence-corrected chi connectivity index (χ1v) is 8.34. The fourth-order valence-electron chi connectivity index (χ4n) is 3.16. The highest BCUT2D eigenvalue weighted by Gasteiger charge is 2.25. The summed E-state index contributed by atoms with van der Waals surface area (Å²) in [5, 5.41) is 11.1. The van der Waals surface area contributed by atoms with Crippen molar-refractivity contribution in [2.75, 3.05) is 19.6 Å². The number of nitrogens with one attached hydrogen (secondary N) is 1. The number of carbonyl (C=O) groups is 1. The van der Waals surface area contributed by atoms with Gasteiger partial charge in [0.05, 0.1) is 0 Å². The van der Waals surface area contributed by atoms with Crippen molar-refractivity contribution in [3.05, 3.63) is 78.4 Å². The number of nitrogens with zero attached hydrogens (tertiary/aromatic N) is 4. The van der Waals surface area contributed by atoms with Crippen molar-refractivity contribution in [3.8, 4) is 5.69 Å². The number of amides is 1. The van der Waals surface area contributed by atoms with Crippen molar-refractivity contribution >= 4 is 5.91 Å². The van der Waals surface area contributed by atoms with Gasteiger partial charge in [0.1, 0.15) is 12.7 Å². The molecular weight excluding hydrogens is 314 g/mol. The predicted octanol–water partition coefficient (Wildman–Crippen LogP) is 2.05. The molecule has 1 atom stereocenters. The smallest absolute Gasteiger partial charge is 0.254 e. The van der Waals surface area contributed by atoms with E-state index in [0.717, 1.165) is 12.2 Å². The molecular formula is C19H19N5O. The van der Waals surface area contributed by atoms with Crippen molar-refractivity contribution in [3.63, 3.8) is 0 Å². The standard InChI is InChI=1S/C19H19N5O/c25-19(16-7-4-8-17(11-16)24-13-21-22-14-24)23-10-9-20-18(12-23)15-5-2-1-3-6-15/h1-8,11,13-14,18,20H,9-10,12H2/t18-/m1/s1. The van der Waals surface area contributed by atoms with Gasteiger partial charge in [-0.15, -0.1) is 10.2 Å². The first-order chi connectivity index (χ1) is 12.3. The molecule has 25 heavy (non-hydrogen) atoms. The van der Waals surface area contributed by atoms with E-state index >= 15 is 0 Å². The van der Waals surface area contributed by atoms with Crippen LogP contribution in [0.25, 0.3) is 5.69 Å². The molecule has 1 aliphatic rings. The fourth-order valence-corrected chi connectivity index (χ4v) is 3.16. The zero-order chi connectivity index (χ0) is 17.1. The van der Waals surface area contributed by atoms with E-state index in [0.29, 0.717) is 18.7 Å². The average molecular weight is 333 g/mol. The maximum atomic E-state index is 13.0. The van der Waals surface area contributed by atoms with Gasteiger partial charge in [-0.05, 0) is 23.8 Å². The quantitative estimate of drug-likeness (QED) is 0.797. The van der Waals surface area contributed by atoms with Crippen LogP contribution in [0.1, 0.15) is 22.0 Å². The Morgan fingerprint density at radius 2 is 1.84 bits per heavy atom. The van der Waals surface area contributed by atoms with Crippen molar-refractivity contribution < 1.29 is 4.79 Å². The van der Waals surface area contributed by atoms with Gasteiger partial charge in [0.2, 0.25) is 0 Å². The Morgan fingerprint density at radius 1 is 1.04 bits per heavy atom. The molecule has 6 nitrogen and oxygen atoms in total. The molecule has 0 unspecified atom stereocenters. The van der Waals surface area contributed by atoms with Gasteiger partial charge in [-0.1, -0.05) is 36.4 Å². The molecule has 2 aromatic carbocycles. The normalized spacial score (nSPS) is 17.4. The minimum Gasteiger partial charge on any atom is -0.335 e. The lowest BCUT2D eigenvalue weighted by Gasteiger charge is -2.34. The van der Waals surface area contributed by atoms with Gasteiger partial charge in [-0.3, -0.25) is 9.36 Å². The summed E-state index contributed by atoms with van der Waals surface area (Å²) in [7, 11) is 0. The SMILES string of the molecule is O=C(c1cccc(-n2cnnc2)c1)N1CCN[C@@H](c2ccccc2)C1. The summed E-state index contributed by atoms with van der Waals surface area (Å²) in [4.78, 5) is 14.9. The zero-order valence-corrected chi connectivity index (χ0v) is 13.7. The van der Waals surface area contributed by atoms with Gasteiger partial charge in [0.25, 0.3) is 5.91 Å². The molecule has 6 heteroatoms. The largest absolute Gasteiger partial charge is 0.335 e. The maximum absolute atomic E-state index is 13.0. The molecule has 1 fully saturated rings. The molecule has 126 valence electrons. The van der Waals surface area contributed by atoms with E-state index in [1.807, 2.05) is 47.4 Å². The average Bonchev–Trinajstić information content (AvgIpc) is 3.23. The van der Waals surface area contributed by atoms with E-state index in [1.165, 1.54) is 5.56 Å². The number of hydrogen-bond donors (Lipinski definition) is 1. The predicted molar refractivity (Wildman–Crippen MR) is 94.4 cm³/mol. The van der Waals surface area contributed by atoms with Crippen LogP contribution in [0.4, 0.5) is 0 Å². The highest BCUT2D eigenvalue weighted by atomic mass is 16.2. The van der Waals surface area contributed by atoms with Gasteiger partial charge in [-0.25, -0.2) is 0 Å². The molecule has 0 radical (unpaired) electrons. The van der Waals surface area contributed by atoms with Crippen LogP contribution in [0.2, 0.25) is 0 Å². The summed E-state index contributed by atoms with van der Waals surface area (Å²) in [6, 6.07) is 18.0. The van der Waals surface area contributed by atoms with Crippen LogP contribution in [0.15, 0.2) is 67.3 Å². The van der Waals surface area contributed by atoms with E-state index in [9.17, 15) is 4.79 Å². The highest BCUT2D eigenvalue weighted by molar-refractivity contribution is 5.94. The Kier molecular flexibility index (Phi) is 4.26. The summed E-state index contributed by atoms with van der Waals surface area (Å²) < 4.78 is 1.79. The summed E-state index contributed by atoms with van der Waals surface area (Å²) >= 11 is 0. The minimum absolute atomic E-state index is 0.0531. The van der Waals surface area contributed by atoms with Gasteiger partial charge < -0.3 is 10.2 Å². The summed E-state index contributed by atoms with van der Waals surface area (Å²) in [5.41, 5.74) is 2.77. The first kappa shape index (κ1) is 15.5. The highest BCUT2D eigenvalue weighted by Crippen LogP contribution is 2.19. The van der Waals surface area contributed by atoms with Crippen LogP contribution in [-0.2, 0) is 0 Å². The third-order valence-electron chi connectivity index (χ3n) is 4.47. The lowest BCUT2D eigenvalue weighted by molar-refractivity contribution is 0.0703. The Labute approximate surface area is 146 Å². The molecule has 0 aliphatic carbocycles. The molecule has 2 heterocycles. The van der Waals surface area contributed by atoms with Crippen LogP contribution in [0, 0.1) is 0 Å². The lowest BCUT2D eigenvalue weighted by Crippen LogP contribution is -2.48. The second-order valence-electron chi connectivity index (χ2n) is 6.09. The monoisotopic (exact) mass is 333 g/mol. The number of aromatic nitrogens is 3. The van der Waals surface area contributed by atoms with E-state index in [4.69, 9.17) is 0 Å². The van der Waals surface area contributed by atoms with Crippen LogP contribution in [-0.4, -0.2) is 45.2 Å². The second-order valence-corrected chi connectivity index (χ2v) is 6.09. The summed E-state index contributed by atoms with van der Waals surface area (Å²) in [5.74, 6) is 0.0531. The zero-order valence-electron chi connectivity index (χ0n) is 13.7. The number of hydrogen-bond acceptors (Lipinski definition) is 4. The number of benzene rings is 2. The van der Waals surface area contributed by atoms with E-state index in [-0.39, 0.29) is 11.9 Å². The molecule has 0 spiro atoms. The lowest BCUT2D eigenvalue weighted by atomic mass is 10.0. The van der Waals surface area contributed by atoms with Crippen molar-refractivity contribution in [1.82, 2.24) is 25.0 Å². The van der Waals surface area contributed by atoms with Crippen molar-refractivity contribution in [1.29, 1.82) is 0 Å². The molecule has 0 bridgehead atoms. The second kappa shape index (κ2) is 6.86. The van der Waals surface area contributed by atoms with Crippen LogP contribution in [0.3, 0.4) is 0 Å². The van der Waals surface area contributed by atoms with Gasteiger partial charge in [-0.2, -0.15) is 0 Å². The molecule has 1 N–H and O–H groups in total. The number of piperazine rings is 1. The Bertz CT molecular complexity index is 847. The van der Waals surface area contributed by atoms with E-state index in [2.05, 4.69) is 27.6 Å². The summed E-state index contributed by atoms with van der Waals surface area (Å²) in [6.07, 6.45) is 3.25. The molecule has 3 aromatic rings. The third-order valence-corrected chi connectivity index (χ3v) is 4.47. The topological polar surface area (TPSA) is 63.1 Å². The molecule has 1 aromatic heterocycles. The maximum Gasteiger partial charge on any atom is 0.254 e. The Morgan fingerprint density at radius 3 is 2.64 bits per heavy atom. The van der Waals surface area contributed by atoms with Crippen molar-refractivity contribution in [2.45, 2.75) is 6.04 Å². The number of rotatable bonds is 3. The molecule has 0 saturated carbocycles. The van der Waals surface area contributed by atoms with Crippen molar-refractivity contribution in [2.24, 2.45) is 0 Å². The molecule has 1 saturated heterocycles. The molecule has 1 aliphatic heterocycles. The van der Waals surface area contributed by atoms with Crippen LogP contribution >= 0.6 is 0 Å². The first-order valence-electron chi connectivity index (χ1n) is 8.34. The van der Waals surface area contributed by atoms with E-state index in [1.54, 1.807) is 17.2 Å². The molecule has 1 amide bonds. The van der Waals surface area contributed by atoms with Crippen LogP contribution in [0.5, 0.6) is 0 Å².